The van der Waals surface area contributed by atoms with E-state index in [1.807, 2.05) is 18.2 Å². The van der Waals surface area contributed by atoms with Crippen LogP contribution in [0.25, 0.3) is 0 Å². The van der Waals surface area contributed by atoms with Gasteiger partial charge in [0.25, 0.3) is 11.8 Å². The second-order valence-corrected chi connectivity index (χ2v) is 7.40. The maximum atomic E-state index is 12.8. The van der Waals surface area contributed by atoms with E-state index in [1.54, 1.807) is 24.3 Å². The quantitative estimate of drug-likeness (QED) is 0.633. The van der Waals surface area contributed by atoms with Crippen molar-refractivity contribution >= 4 is 40.7 Å². The lowest BCUT2D eigenvalue weighted by atomic mass is 9.92. The van der Waals surface area contributed by atoms with Crippen molar-refractivity contribution in [3.8, 4) is 0 Å². The molecule has 2 aromatic rings. The number of nitrogens with zero attached hydrogens (tertiary/aromatic N) is 1. The fraction of sp³-hybridized carbons (Fsp3) is 0.238. The number of nitrogens with one attached hydrogen (secondary N) is 1. The molecule has 2 amide bonds. The molecular weight excluding hydrogens is 380 g/mol. The number of benzene rings is 2. The standard InChI is InChI=1S/C21H17ClN2O4/c22-13-3-1-2-12(8-13)11-23-14-4-6-16-17(9-14)21(28)24(20(16)27)18-7-5-15(25)10-19(18)26/h1-4,6,8-9,18,23H,5,7,10-11H2. The summed E-state index contributed by atoms with van der Waals surface area (Å²) in [5.74, 6) is -1.48. The Labute approximate surface area is 166 Å². The molecule has 1 atom stereocenters. The lowest BCUT2D eigenvalue weighted by Gasteiger charge is -2.27. The molecule has 1 saturated carbocycles. The molecule has 7 heteroatoms. The Bertz CT molecular complexity index is 1020. The van der Waals surface area contributed by atoms with E-state index in [-0.39, 0.29) is 42.0 Å². The van der Waals surface area contributed by atoms with E-state index in [4.69, 9.17) is 11.6 Å². The normalized spacial score (nSPS) is 19.2. The van der Waals surface area contributed by atoms with Crippen molar-refractivity contribution in [1.82, 2.24) is 4.90 Å². The largest absolute Gasteiger partial charge is 0.381 e. The number of amides is 2. The fourth-order valence-corrected chi connectivity index (χ4v) is 3.85. The van der Waals surface area contributed by atoms with Gasteiger partial charge in [-0.1, -0.05) is 23.7 Å². The van der Waals surface area contributed by atoms with Crippen molar-refractivity contribution in [1.29, 1.82) is 0 Å². The number of rotatable bonds is 4. The smallest absolute Gasteiger partial charge is 0.262 e. The summed E-state index contributed by atoms with van der Waals surface area (Å²) in [7, 11) is 0. The molecule has 0 aromatic heterocycles. The minimum Gasteiger partial charge on any atom is -0.381 e. The number of fused-ring (bicyclic) bond motifs is 1. The van der Waals surface area contributed by atoms with Crippen molar-refractivity contribution in [3.05, 3.63) is 64.2 Å². The summed E-state index contributed by atoms with van der Waals surface area (Å²) in [6.07, 6.45) is 0.184. The Kier molecular flexibility index (Phi) is 4.73. The molecule has 1 unspecified atom stereocenters. The lowest BCUT2D eigenvalue weighted by Crippen LogP contribution is -2.47. The van der Waals surface area contributed by atoms with Crippen molar-refractivity contribution in [2.24, 2.45) is 0 Å². The van der Waals surface area contributed by atoms with Crippen molar-refractivity contribution in [2.75, 3.05) is 5.32 Å². The molecule has 6 nitrogen and oxygen atoms in total. The second kappa shape index (κ2) is 7.20. The first-order valence-electron chi connectivity index (χ1n) is 8.98. The maximum absolute atomic E-state index is 12.8. The molecule has 1 N–H and O–H groups in total. The third-order valence-electron chi connectivity index (χ3n) is 5.05. The molecule has 142 valence electrons. The summed E-state index contributed by atoms with van der Waals surface area (Å²) in [6.45, 7) is 0.508. The van der Waals surface area contributed by atoms with Crippen LogP contribution in [-0.4, -0.2) is 34.3 Å². The summed E-state index contributed by atoms with van der Waals surface area (Å²) in [4.78, 5) is 50.2. The molecular formula is C21H17ClN2O4. The van der Waals surface area contributed by atoms with Crippen molar-refractivity contribution < 1.29 is 19.2 Å². The van der Waals surface area contributed by atoms with Crippen LogP contribution in [0.5, 0.6) is 0 Å². The van der Waals surface area contributed by atoms with Gasteiger partial charge < -0.3 is 5.32 Å². The first-order valence-corrected chi connectivity index (χ1v) is 9.36. The van der Waals surface area contributed by atoms with Crippen molar-refractivity contribution in [2.45, 2.75) is 31.8 Å². The Hall–Kier alpha value is -2.99. The fourth-order valence-electron chi connectivity index (χ4n) is 3.64. The van der Waals surface area contributed by atoms with E-state index in [2.05, 4.69) is 5.32 Å². The lowest BCUT2D eigenvalue weighted by molar-refractivity contribution is -0.132. The number of Topliss-reactive ketones (excluding diaryl/α,β-unsaturated/α-hetero) is 2. The highest BCUT2D eigenvalue weighted by Crippen LogP contribution is 2.30. The Morgan fingerprint density at radius 2 is 1.79 bits per heavy atom. The maximum Gasteiger partial charge on any atom is 0.262 e. The molecule has 0 radical (unpaired) electrons. The zero-order valence-electron chi connectivity index (χ0n) is 14.9. The van der Waals surface area contributed by atoms with Crippen LogP contribution in [0.2, 0.25) is 5.02 Å². The first kappa shape index (κ1) is 18.4. The molecule has 28 heavy (non-hydrogen) atoms. The summed E-state index contributed by atoms with van der Waals surface area (Å²) in [5, 5.41) is 3.85. The number of carbonyl (C=O) groups excluding carboxylic acids is 4. The van der Waals surface area contributed by atoms with Crippen LogP contribution < -0.4 is 5.32 Å². The van der Waals surface area contributed by atoms with Gasteiger partial charge in [0, 0.05) is 23.7 Å². The van der Waals surface area contributed by atoms with Crippen LogP contribution in [0.15, 0.2) is 42.5 Å². The third-order valence-corrected chi connectivity index (χ3v) is 5.29. The van der Waals surface area contributed by atoms with E-state index in [0.717, 1.165) is 10.5 Å². The van der Waals surface area contributed by atoms with Gasteiger partial charge in [0.05, 0.1) is 23.6 Å². The third kappa shape index (κ3) is 3.31. The number of ketones is 2. The summed E-state index contributed by atoms with van der Waals surface area (Å²) < 4.78 is 0. The van der Waals surface area contributed by atoms with Gasteiger partial charge in [-0.3, -0.25) is 24.1 Å². The van der Waals surface area contributed by atoms with Gasteiger partial charge in [0.15, 0.2) is 5.78 Å². The van der Waals surface area contributed by atoms with Gasteiger partial charge in [-0.2, -0.15) is 0 Å². The molecule has 0 spiro atoms. The molecule has 2 aromatic carbocycles. The molecule has 2 aliphatic rings. The Morgan fingerprint density at radius 1 is 1.00 bits per heavy atom. The molecule has 1 fully saturated rings. The van der Waals surface area contributed by atoms with E-state index in [1.165, 1.54) is 0 Å². The van der Waals surface area contributed by atoms with Gasteiger partial charge in [-0.05, 0) is 42.3 Å². The minimum atomic E-state index is -0.854. The van der Waals surface area contributed by atoms with Crippen LogP contribution in [0.4, 0.5) is 5.69 Å². The minimum absolute atomic E-state index is 0.148. The molecule has 1 aliphatic carbocycles. The van der Waals surface area contributed by atoms with Crippen LogP contribution in [0.1, 0.15) is 45.5 Å². The molecule has 4 rings (SSSR count). The Balaban J connectivity index is 1.54. The molecule has 1 aliphatic heterocycles. The van der Waals surface area contributed by atoms with Gasteiger partial charge >= 0.3 is 0 Å². The number of hydrogen-bond donors (Lipinski definition) is 1. The highest BCUT2D eigenvalue weighted by molar-refractivity contribution is 6.30. The number of hydrogen-bond acceptors (Lipinski definition) is 5. The molecule has 0 bridgehead atoms. The van der Waals surface area contributed by atoms with Crippen molar-refractivity contribution in [3.63, 3.8) is 0 Å². The number of imide groups is 1. The van der Waals surface area contributed by atoms with Crippen LogP contribution in [0.3, 0.4) is 0 Å². The zero-order chi connectivity index (χ0) is 19.8. The monoisotopic (exact) mass is 396 g/mol. The molecule has 1 heterocycles. The summed E-state index contributed by atoms with van der Waals surface area (Å²) in [5.41, 5.74) is 2.22. The van der Waals surface area contributed by atoms with E-state index < -0.39 is 17.9 Å². The Morgan fingerprint density at radius 3 is 2.54 bits per heavy atom. The first-order chi connectivity index (χ1) is 13.4. The van der Waals surface area contributed by atoms with Gasteiger partial charge in [0.2, 0.25) is 0 Å². The van der Waals surface area contributed by atoms with E-state index in [0.29, 0.717) is 17.3 Å². The predicted molar refractivity (Wildman–Crippen MR) is 103 cm³/mol. The van der Waals surface area contributed by atoms with Gasteiger partial charge in [-0.15, -0.1) is 0 Å². The SMILES string of the molecule is O=C1CCC(N2C(=O)c3ccc(NCc4cccc(Cl)c4)cc3C2=O)C(=O)C1. The van der Waals surface area contributed by atoms with Crippen LogP contribution in [0, 0.1) is 0 Å². The predicted octanol–water partition coefficient (Wildman–Crippen LogP) is 3.24. The second-order valence-electron chi connectivity index (χ2n) is 6.96. The number of anilines is 1. The zero-order valence-corrected chi connectivity index (χ0v) is 15.7. The van der Waals surface area contributed by atoms with Crippen LogP contribution >= 0.6 is 11.6 Å². The van der Waals surface area contributed by atoms with Gasteiger partial charge in [-0.25, -0.2) is 0 Å². The summed E-state index contributed by atoms with van der Waals surface area (Å²) in [6, 6.07) is 11.5. The van der Waals surface area contributed by atoms with Gasteiger partial charge in [0.1, 0.15) is 5.78 Å². The average molecular weight is 397 g/mol. The van der Waals surface area contributed by atoms with E-state index in [9.17, 15) is 19.2 Å². The molecule has 0 saturated heterocycles. The van der Waals surface area contributed by atoms with E-state index >= 15 is 0 Å². The number of halogens is 1. The summed E-state index contributed by atoms with van der Waals surface area (Å²) >= 11 is 5.99. The van der Waals surface area contributed by atoms with Crippen LogP contribution in [-0.2, 0) is 16.1 Å². The highest BCUT2D eigenvalue weighted by atomic mass is 35.5. The topological polar surface area (TPSA) is 83.6 Å². The highest BCUT2D eigenvalue weighted by Gasteiger charge is 2.44. The number of carbonyl (C=O) groups is 4. The average Bonchev–Trinajstić information content (AvgIpc) is 2.91.